The first kappa shape index (κ1) is 17.2. The lowest BCUT2D eigenvalue weighted by molar-refractivity contribution is 0.0945. The number of hydrogen-bond acceptors (Lipinski definition) is 3. The van der Waals surface area contributed by atoms with Crippen molar-refractivity contribution >= 4 is 55.8 Å². The van der Waals surface area contributed by atoms with E-state index in [9.17, 15) is 4.79 Å². The lowest BCUT2D eigenvalue weighted by atomic mass is 10.1. The summed E-state index contributed by atoms with van der Waals surface area (Å²) in [6, 6.07) is 11.5. The molecule has 0 fully saturated rings. The third-order valence-electron chi connectivity index (χ3n) is 3.10. The van der Waals surface area contributed by atoms with Crippen LogP contribution < -0.4 is 10.6 Å². The standard InChI is InChI=1S/C16H16BrIN2O2/c1-10-9-11(18)5-6-14(10)20-15-12(3-2-4-13(15)17)16(22)19-7-8-21/h2-6,9,20-21H,7-8H2,1H3,(H,19,22). The zero-order valence-corrected chi connectivity index (χ0v) is 15.7. The van der Waals surface area contributed by atoms with Crippen LogP contribution >= 0.6 is 38.5 Å². The van der Waals surface area contributed by atoms with Crippen LogP contribution in [0.2, 0.25) is 0 Å². The van der Waals surface area contributed by atoms with E-state index < -0.39 is 0 Å². The van der Waals surface area contributed by atoms with Crippen LogP contribution in [0.3, 0.4) is 0 Å². The average molecular weight is 475 g/mol. The highest BCUT2D eigenvalue weighted by Crippen LogP contribution is 2.31. The Balaban J connectivity index is 2.35. The van der Waals surface area contributed by atoms with E-state index >= 15 is 0 Å². The predicted octanol–water partition coefficient (Wildman–Crippen LogP) is 3.83. The maximum absolute atomic E-state index is 12.2. The monoisotopic (exact) mass is 474 g/mol. The fourth-order valence-corrected chi connectivity index (χ4v) is 3.12. The number of aliphatic hydroxyl groups excluding tert-OH is 1. The number of amides is 1. The Morgan fingerprint density at radius 3 is 2.77 bits per heavy atom. The quantitative estimate of drug-likeness (QED) is 0.577. The molecule has 2 aromatic carbocycles. The van der Waals surface area contributed by atoms with Gasteiger partial charge in [0.05, 0.1) is 17.9 Å². The second-order valence-electron chi connectivity index (χ2n) is 4.73. The lowest BCUT2D eigenvalue weighted by Crippen LogP contribution is -2.27. The highest BCUT2D eigenvalue weighted by molar-refractivity contribution is 14.1. The van der Waals surface area contributed by atoms with Crippen molar-refractivity contribution in [3.63, 3.8) is 0 Å². The zero-order valence-electron chi connectivity index (χ0n) is 12.0. The molecular formula is C16H16BrIN2O2. The van der Waals surface area contributed by atoms with Crippen LogP contribution in [0.1, 0.15) is 15.9 Å². The van der Waals surface area contributed by atoms with E-state index in [0.717, 1.165) is 19.3 Å². The predicted molar refractivity (Wildman–Crippen MR) is 101 cm³/mol. The van der Waals surface area contributed by atoms with Gasteiger partial charge in [0.25, 0.3) is 5.91 Å². The van der Waals surface area contributed by atoms with E-state index in [4.69, 9.17) is 5.11 Å². The van der Waals surface area contributed by atoms with Crippen LogP contribution in [-0.4, -0.2) is 24.2 Å². The topological polar surface area (TPSA) is 61.4 Å². The number of benzene rings is 2. The second kappa shape index (κ2) is 7.94. The number of carbonyl (C=O) groups is 1. The Morgan fingerprint density at radius 1 is 1.32 bits per heavy atom. The highest BCUT2D eigenvalue weighted by atomic mass is 127. The smallest absolute Gasteiger partial charge is 0.253 e. The molecule has 3 N–H and O–H groups in total. The Kier molecular flexibility index (Phi) is 6.22. The summed E-state index contributed by atoms with van der Waals surface area (Å²) in [5.74, 6) is -0.221. The lowest BCUT2D eigenvalue weighted by Gasteiger charge is -2.15. The molecule has 0 aromatic heterocycles. The highest BCUT2D eigenvalue weighted by Gasteiger charge is 2.14. The summed E-state index contributed by atoms with van der Waals surface area (Å²) >= 11 is 5.75. The van der Waals surface area contributed by atoms with Gasteiger partial charge in [0, 0.05) is 20.3 Å². The molecule has 0 unspecified atom stereocenters. The van der Waals surface area contributed by atoms with Gasteiger partial charge in [-0.1, -0.05) is 6.07 Å². The van der Waals surface area contributed by atoms with E-state index in [2.05, 4.69) is 55.2 Å². The third-order valence-corrected chi connectivity index (χ3v) is 4.44. The molecule has 0 aliphatic carbocycles. The van der Waals surface area contributed by atoms with Crippen molar-refractivity contribution in [2.24, 2.45) is 0 Å². The summed E-state index contributed by atoms with van der Waals surface area (Å²) in [6.07, 6.45) is 0. The van der Waals surface area contributed by atoms with Crippen molar-refractivity contribution in [1.82, 2.24) is 5.32 Å². The molecule has 0 saturated heterocycles. The minimum Gasteiger partial charge on any atom is -0.395 e. The number of aliphatic hydroxyl groups is 1. The molecule has 2 aromatic rings. The van der Waals surface area contributed by atoms with Crippen molar-refractivity contribution in [2.75, 3.05) is 18.5 Å². The van der Waals surface area contributed by atoms with Crippen molar-refractivity contribution < 1.29 is 9.90 Å². The van der Waals surface area contributed by atoms with Crippen molar-refractivity contribution in [1.29, 1.82) is 0 Å². The van der Waals surface area contributed by atoms with Crippen molar-refractivity contribution in [3.05, 3.63) is 55.6 Å². The summed E-state index contributed by atoms with van der Waals surface area (Å²) in [5, 5.41) is 14.8. The summed E-state index contributed by atoms with van der Waals surface area (Å²) in [6.45, 7) is 2.17. The number of para-hydroxylation sites is 1. The van der Waals surface area contributed by atoms with Crippen LogP contribution in [0.4, 0.5) is 11.4 Å². The molecule has 0 aliphatic rings. The minimum atomic E-state index is -0.221. The van der Waals surface area contributed by atoms with Crippen LogP contribution in [0.5, 0.6) is 0 Å². The van der Waals surface area contributed by atoms with Gasteiger partial charge in [-0.15, -0.1) is 0 Å². The Bertz CT molecular complexity index is 692. The molecular weight excluding hydrogens is 459 g/mol. The minimum absolute atomic E-state index is 0.0846. The van der Waals surface area contributed by atoms with Crippen LogP contribution in [0.25, 0.3) is 0 Å². The first-order valence-electron chi connectivity index (χ1n) is 6.73. The van der Waals surface area contributed by atoms with Gasteiger partial charge in [-0.2, -0.15) is 0 Å². The van der Waals surface area contributed by atoms with Crippen LogP contribution in [0.15, 0.2) is 40.9 Å². The maximum Gasteiger partial charge on any atom is 0.253 e. The van der Waals surface area contributed by atoms with Gasteiger partial charge >= 0.3 is 0 Å². The molecule has 116 valence electrons. The molecule has 2 rings (SSSR count). The van der Waals surface area contributed by atoms with Crippen LogP contribution in [0, 0.1) is 10.5 Å². The molecule has 0 radical (unpaired) electrons. The molecule has 1 amide bonds. The van der Waals surface area contributed by atoms with Gasteiger partial charge in [0.15, 0.2) is 0 Å². The van der Waals surface area contributed by atoms with Gasteiger partial charge in [0.2, 0.25) is 0 Å². The molecule has 22 heavy (non-hydrogen) atoms. The number of anilines is 2. The molecule has 0 atom stereocenters. The second-order valence-corrected chi connectivity index (χ2v) is 6.83. The van der Waals surface area contributed by atoms with Gasteiger partial charge in [-0.3, -0.25) is 4.79 Å². The third kappa shape index (κ3) is 4.21. The first-order valence-corrected chi connectivity index (χ1v) is 8.61. The molecule has 0 aliphatic heterocycles. The number of halogens is 2. The molecule has 0 spiro atoms. The first-order chi connectivity index (χ1) is 10.5. The molecule has 0 bridgehead atoms. The van der Waals surface area contributed by atoms with Gasteiger partial charge in [-0.05, 0) is 81.3 Å². The number of hydrogen-bond donors (Lipinski definition) is 3. The SMILES string of the molecule is Cc1cc(I)ccc1Nc1c(Br)cccc1C(=O)NCCO. The largest absolute Gasteiger partial charge is 0.395 e. The number of carbonyl (C=O) groups excluding carboxylic acids is 1. The van der Waals surface area contributed by atoms with E-state index in [1.165, 1.54) is 0 Å². The van der Waals surface area contributed by atoms with Gasteiger partial charge in [-0.25, -0.2) is 0 Å². The fourth-order valence-electron chi connectivity index (χ4n) is 2.01. The summed E-state index contributed by atoms with van der Waals surface area (Å²) in [5.41, 5.74) is 3.29. The number of rotatable bonds is 5. The van der Waals surface area contributed by atoms with E-state index in [1.54, 1.807) is 6.07 Å². The summed E-state index contributed by atoms with van der Waals surface area (Å²) < 4.78 is 1.97. The maximum atomic E-state index is 12.2. The van der Waals surface area contributed by atoms with E-state index in [0.29, 0.717) is 11.3 Å². The van der Waals surface area contributed by atoms with Crippen molar-refractivity contribution in [3.8, 4) is 0 Å². The fraction of sp³-hybridized carbons (Fsp3) is 0.188. The van der Waals surface area contributed by atoms with Crippen LogP contribution in [-0.2, 0) is 0 Å². The van der Waals surface area contributed by atoms with Gasteiger partial charge in [0.1, 0.15) is 0 Å². The van der Waals surface area contributed by atoms with Gasteiger partial charge < -0.3 is 15.7 Å². The average Bonchev–Trinajstić information content (AvgIpc) is 2.49. The van der Waals surface area contributed by atoms with Crippen molar-refractivity contribution in [2.45, 2.75) is 6.92 Å². The normalized spacial score (nSPS) is 10.4. The Hall–Kier alpha value is -1.12. The number of aryl methyl sites for hydroxylation is 1. The molecule has 4 nitrogen and oxygen atoms in total. The Morgan fingerprint density at radius 2 is 2.09 bits per heavy atom. The summed E-state index contributed by atoms with van der Waals surface area (Å²) in [4.78, 5) is 12.2. The summed E-state index contributed by atoms with van der Waals surface area (Å²) in [7, 11) is 0. The van der Waals surface area contributed by atoms with E-state index in [-0.39, 0.29) is 19.1 Å². The van der Waals surface area contributed by atoms with E-state index in [1.807, 2.05) is 31.2 Å². The Labute approximate surface area is 151 Å². The molecule has 0 saturated carbocycles. The zero-order chi connectivity index (χ0) is 16.1. The molecule has 0 heterocycles. The molecule has 6 heteroatoms. The number of nitrogens with one attached hydrogen (secondary N) is 2.